The summed E-state index contributed by atoms with van der Waals surface area (Å²) in [5, 5.41) is 8.38. The lowest BCUT2D eigenvalue weighted by Gasteiger charge is -2.27. The van der Waals surface area contributed by atoms with Gasteiger partial charge in [-0.25, -0.2) is 13.6 Å². The molecule has 0 saturated heterocycles. The molecule has 1 rings (SSSR count). The summed E-state index contributed by atoms with van der Waals surface area (Å²) in [6.07, 6.45) is 2.00. The lowest BCUT2D eigenvalue weighted by Crippen LogP contribution is -2.30. The Morgan fingerprint density at radius 2 is 1.89 bits per heavy atom. The van der Waals surface area contributed by atoms with E-state index in [4.69, 9.17) is 10.9 Å². The van der Waals surface area contributed by atoms with E-state index < -0.39 is 10.0 Å². The van der Waals surface area contributed by atoms with Crippen LogP contribution in [0.4, 0.5) is 11.4 Å². The van der Waals surface area contributed by atoms with Gasteiger partial charge in [0.05, 0.1) is 4.90 Å². The Morgan fingerprint density at radius 3 is 2.39 bits per heavy atom. The van der Waals surface area contributed by atoms with Gasteiger partial charge in [-0.3, -0.25) is 0 Å². The third-order valence-corrected chi connectivity index (χ3v) is 3.51. The van der Waals surface area contributed by atoms with Crippen molar-refractivity contribution in [3.8, 4) is 0 Å². The zero-order valence-corrected chi connectivity index (χ0v) is 11.8. The van der Waals surface area contributed by atoms with Crippen LogP contribution in [0, 0.1) is 0 Å². The van der Waals surface area contributed by atoms with E-state index in [1.54, 1.807) is 6.07 Å². The Labute approximate surface area is 109 Å². The van der Waals surface area contributed by atoms with Gasteiger partial charge >= 0.3 is 0 Å². The highest BCUT2D eigenvalue weighted by molar-refractivity contribution is 7.89. The highest BCUT2D eigenvalue weighted by Gasteiger charge is 2.17. The number of nitrogens with one attached hydrogen (secondary N) is 1. The van der Waals surface area contributed by atoms with Gasteiger partial charge in [-0.15, -0.1) is 0 Å². The topological polar surface area (TPSA) is 98.2 Å². The second-order valence-corrected chi connectivity index (χ2v) is 6.66. The fourth-order valence-corrected chi connectivity index (χ4v) is 2.53. The molecule has 0 spiro atoms. The normalized spacial score (nSPS) is 12.4. The first-order valence-electron chi connectivity index (χ1n) is 5.85. The van der Waals surface area contributed by atoms with Gasteiger partial charge < -0.3 is 11.1 Å². The molecule has 0 amide bonds. The minimum Gasteiger partial charge on any atom is -0.399 e. The monoisotopic (exact) mass is 271 g/mol. The lowest BCUT2D eigenvalue weighted by atomic mass is 9.98. The van der Waals surface area contributed by atoms with Gasteiger partial charge in [0.25, 0.3) is 0 Å². The number of anilines is 2. The molecule has 0 bridgehead atoms. The largest absolute Gasteiger partial charge is 0.399 e. The quantitative estimate of drug-likeness (QED) is 0.712. The van der Waals surface area contributed by atoms with E-state index in [1.807, 2.05) is 0 Å². The van der Waals surface area contributed by atoms with Crippen molar-refractivity contribution in [1.82, 2.24) is 0 Å². The van der Waals surface area contributed by atoms with E-state index in [2.05, 4.69) is 26.1 Å². The average Bonchev–Trinajstić information content (AvgIpc) is 2.13. The molecule has 0 aliphatic carbocycles. The Balaban J connectivity index is 3.08. The number of primary sulfonamides is 1. The molecule has 0 aromatic heterocycles. The summed E-state index contributed by atoms with van der Waals surface area (Å²) in [5.74, 6) is 0. The fraction of sp³-hybridized carbons (Fsp3) is 0.500. The third-order valence-electron chi connectivity index (χ3n) is 2.62. The summed E-state index contributed by atoms with van der Waals surface area (Å²) in [7, 11) is -3.74. The van der Waals surface area contributed by atoms with Crippen LogP contribution in [0.2, 0.25) is 0 Å². The molecule has 0 atom stereocenters. The first kappa shape index (κ1) is 14.8. The number of hydrogen-bond donors (Lipinski definition) is 3. The van der Waals surface area contributed by atoms with Gasteiger partial charge in [0.1, 0.15) is 0 Å². The second-order valence-electron chi connectivity index (χ2n) is 5.09. The van der Waals surface area contributed by atoms with E-state index in [-0.39, 0.29) is 10.4 Å². The molecule has 5 nitrogen and oxygen atoms in total. The van der Waals surface area contributed by atoms with Gasteiger partial charge in [0.2, 0.25) is 10.0 Å². The molecule has 102 valence electrons. The number of rotatable bonds is 5. The van der Waals surface area contributed by atoms with Crippen LogP contribution in [-0.4, -0.2) is 14.0 Å². The van der Waals surface area contributed by atoms with Crippen molar-refractivity contribution >= 4 is 21.4 Å². The highest BCUT2D eigenvalue weighted by atomic mass is 32.2. The molecule has 0 radical (unpaired) electrons. The van der Waals surface area contributed by atoms with E-state index in [1.165, 1.54) is 12.1 Å². The Hall–Kier alpha value is -1.27. The van der Waals surface area contributed by atoms with Gasteiger partial charge in [0, 0.05) is 16.9 Å². The smallest absolute Gasteiger partial charge is 0.238 e. The van der Waals surface area contributed by atoms with Crippen LogP contribution in [0.1, 0.15) is 33.6 Å². The maximum Gasteiger partial charge on any atom is 0.238 e. The van der Waals surface area contributed by atoms with Crippen molar-refractivity contribution in [1.29, 1.82) is 0 Å². The molecule has 0 aliphatic heterocycles. The maximum absolute atomic E-state index is 11.3. The molecule has 0 saturated carbocycles. The van der Waals surface area contributed by atoms with Gasteiger partial charge in [-0.2, -0.15) is 0 Å². The van der Waals surface area contributed by atoms with Crippen LogP contribution in [0.3, 0.4) is 0 Å². The lowest BCUT2D eigenvalue weighted by molar-refractivity contribution is 0.511. The summed E-state index contributed by atoms with van der Waals surface area (Å²) in [4.78, 5) is 0.0253. The Bertz CT molecular complexity index is 524. The van der Waals surface area contributed by atoms with Crippen molar-refractivity contribution in [2.24, 2.45) is 5.14 Å². The summed E-state index contributed by atoms with van der Waals surface area (Å²) in [5.41, 5.74) is 6.60. The van der Waals surface area contributed by atoms with Crippen molar-refractivity contribution in [3.05, 3.63) is 18.2 Å². The molecular weight excluding hydrogens is 250 g/mol. The van der Waals surface area contributed by atoms with E-state index >= 15 is 0 Å². The molecule has 1 aromatic rings. The van der Waals surface area contributed by atoms with E-state index in [9.17, 15) is 8.42 Å². The predicted octanol–water partition coefficient (Wildman–Crippen LogP) is 1.91. The average molecular weight is 271 g/mol. The summed E-state index contributed by atoms with van der Waals surface area (Å²) < 4.78 is 22.6. The van der Waals surface area contributed by atoms with E-state index in [0.29, 0.717) is 11.4 Å². The molecule has 6 heteroatoms. The molecule has 0 unspecified atom stereocenters. The first-order valence-corrected chi connectivity index (χ1v) is 7.40. The number of nitrogens with two attached hydrogens (primary N) is 2. The Kier molecular flexibility index (Phi) is 4.24. The van der Waals surface area contributed by atoms with Crippen LogP contribution in [0.15, 0.2) is 23.1 Å². The van der Waals surface area contributed by atoms with Gasteiger partial charge in [-0.05, 0) is 38.5 Å². The highest BCUT2D eigenvalue weighted by Crippen LogP contribution is 2.24. The van der Waals surface area contributed by atoms with Gasteiger partial charge in [-0.1, -0.05) is 13.3 Å². The first-order chi connectivity index (χ1) is 8.14. The standard InChI is InChI=1S/C12H21N3O2S/c1-4-5-12(2,3)15-10-6-9(13)7-11(8-10)18(14,16)17/h6-8,15H,4-5,13H2,1-3H3,(H2,14,16,17). The molecule has 0 aliphatic rings. The summed E-state index contributed by atoms with van der Waals surface area (Å²) in [6, 6.07) is 4.56. The molecule has 0 heterocycles. The second kappa shape index (κ2) is 5.16. The summed E-state index contributed by atoms with van der Waals surface area (Å²) in [6.45, 7) is 6.20. The van der Waals surface area contributed by atoms with Crippen molar-refractivity contribution in [3.63, 3.8) is 0 Å². The molecular formula is C12H21N3O2S. The van der Waals surface area contributed by atoms with Crippen LogP contribution >= 0.6 is 0 Å². The summed E-state index contributed by atoms with van der Waals surface area (Å²) >= 11 is 0. The Morgan fingerprint density at radius 1 is 1.28 bits per heavy atom. The zero-order valence-electron chi connectivity index (χ0n) is 11.0. The number of hydrogen-bond acceptors (Lipinski definition) is 4. The maximum atomic E-state index is 11.3. The number of nitrogen functional groups attached to an aromatic ring is 1. The van der Waals surface area contributed by atoms with Crippen molar-refractivity contribution in [2.45, 2.75) is 44.0 Å². The number of sulfonamides is 1. The minimum absolute atomic E-state index is 0.0253. The van der Waals surface area contributed by atoms with Crippen LogP contribution in [0.25, 0.3) is 0 Å². The van der Waals surface area contributed by atoms with Crippen LogP contribution in [-0.2, 0) is 10.0 Å². The molecule has 1 aromatic carbocycles. The zero-order chi connectivity index (χ0) is 14.0. The molecule has 5 N–H and O–H groups in total. The van der Waals surface area contributed by atoms with Crippen molar-refractivity contribution in [2.75, 3.05) is 11.1 Å². The van der Waals surface area contributed by atoms with E-state index in [0.717, 1.165) is 12.8 Å². The van der Waals surface area contributed by atoms with Crippen LogP contribution < -0.4 is 16.2 Å². The van der Waals surface area contributed by atoms with Crippen LogP contribution in [0.5, 0.6) is 0 Å². The van der Waals surface area contributed by atoms with Crippen molar-refractivity contribution < 1.29 is 8.42 Å². The molecule has 0 fully saturated rings. The number of benzene rings is 1. The SMILES string of the molecule is CCCC(C)(C)Nc1cc(N)cc(S(N)(=O)=O)c1. The minimum atomic E-state index is -3.74. The third kappa shape index (κ3) is 4.19. The fourth-order valence-electron chi connectivity index (χ4n) is 1.94. The predicted molar refractivity (Wildman–Crippen MR) is 74.8 cm³/mol. The van der Waals surface area contributed by atoms with Gasteiger partial charge in [0.15, 0.2) is 0 Å². The molecule has 18 heavy (non-hydrogen) atoms.